The maximum absolute atomic E-state index is 11.7. The molecule has 0 atom stereocenters. The summed E-state index contributed by atoms with van der Waals surface area (Å²) in [6.07, 6.45) is 6.88. The van der Waals surface area contributed by atoms with E-state index in [2.05, 4.69) is 17.6 Å². The summed E-state index contributed by atoms with van der Waals surface area (Å²) < 4.78 is 0. The number of nitrogens with zero attached hydrogens (tertiary/aromatic N) is 1. The van der Waals surface area contributed by atoms with Crippen molar-refractivity contribution in [1.29, 1.82) is 0 Å². The first kappa shape index (κ1) is 15.8. The minimum absolute atomic E-state index is 0.101. The Morgan fingerprint density at radius 3 is 2.63 bits per heavy atom. The van der Waals surface area contributed by atoms with Crippen molar-refractivity contribution in [2.24, 2.45) is 0 Å². The predicted octanol–water partition coefficient (Wildman–Crippen LogP) is 1.88. The van der Waals surface area contributed by atoms with Crippen LogP contribution in [0.25, 0.3) is 0 Å². The van der Waals surface area contributed by atoms with E-state index in [9.17, 15) is 9.59 Å². The van der Waals surface area contributed by atoms with E-state index in [1.54, 1.807) is 0 Å². The highest BCUT2D eigenvalue weighted by atomic mass is 16.2. The number of likely N-dealkylation sites (tertiary alicyclic amines) is 1. The van der Waals surface area contributed by atoms with Crippen LogP contribution in [0.3, 0.4) is 0 Å². The molecule has 0 saturated carbocycles. The first-order valence-corrected chi connectivity index (χ1v) is 7.53. The molecule has 110 valence electrons. The first-order valence-electron chi connectivity index (χ1n) is 7.53. The molecule has 0 aliphatic carbocycles. The number of carbonyl (C=O) groups is 2. The van der Waals surface area contributed by atoms with Crippen LogP contribution in [0.2, 0.25) is 0 Å². The zero-order valence-corrected chi connectivity index (χ0v) is 12.0. The van der Waals surface area contributed by atoms with Gasteiger partial charge in [-0.1, -0.05) is 19.8 Å². The predicted molar refractivity (Wildman–Crippen MR) is 76.0 cm³/mol. The Morgan fingerprint density at radius 1 is 1.16 bits per heavy atom. The second-order valence-corrected chi connectivity index (χ2v) is 5.08. The second-order valence-electron chi connectivity index (χ2n) is 5.08. The Hall–Kier alpha value is -1.26. The van der Waals surface area contributed by atoms with Gasteiger partial charge < -0.3 is 15.5 Å². The Morgan fingerprint density at radius 2 is 1.89 bits per heavy atom. The molecular formula is C14H27N3O2. The van der Waals surface area contributed by atoms with Gasteiger partial charge in [-0.05, 0) is 25.7 Å². The highest BCUT2D eigenvalue weighted by Crippen LogP contribution is 2.10. The largest absolute Gasteiger partial charge is 0.343 e. The lowest BCUT2D eigenvalue weighted by atomic mass is 10.2. The molecule has 19 heavy (non-hydrogen) atoms. The summed E-state index contributed by atoms with van der Waals surface area (Å²) in [5.74, 6) is 0.268. The van der Waals surface area contributed by atoms with Gasteiger partial charge in [0.1, 0.15) is 0 Å². The van der Waals surface area contributed by atoms with E-state index in [4.69, 9.17) is 0 Å². The van der Waals surface area contributed by atoms with Crippen LogP contribution < -0.4 is 10.6 Å². The van der Waals surface area contributed by atoms with Crippen molar-refractivity contribution in [3.8, 4) is 0 Å². The van der Waals surface area contributed by atoms with Gasteiger partial charge in [-0.3, -0.25) is 4.79 Å². The number of rotatable bonds is 7. The summed E-state index contributed by atoms with van der Waals surface area (Å²) in [4.78, 5) is 25.1. The van der Waals surface area contributed by atoms with E-state index >= 15 is 0 Å². The molecule has 1 fully saturated rings. The maximum Gasteiger partial charge on any atom is 0.314 e. The smallest absolute Gasteiger partial charge is 0.314 e. The van der Waals surface area contributed by atoms with E-state index in [0.717, 1.165) is 58.2 Å². The van der Waals surface area contributed by atoms with Crippen molar-refractivity contribution in [2.45, 2.75) is 51.9 Å². The molecule has 5 nitrogen and oxygen atoms in total. The molecule has 1 saturated heterocycles. The van der Waals surface area contributed by atoms with Crippen LogP contribution in [0.15, 0.2) is 0 Å². The molecule has 0 aromatic rings. The highest BCUT2D eigenvalue weighted by Gasteiger charge is 2.15. The van der Waals surface area contributed by atoms with Gasteiger partial charge in [0.2, 0.25) is 5.91 Å². The number of urea groups is 1. The van der Waals surface area contributed by atoms with Crippen molar-refractivity contribution >= 4 is 11.9 Å². The Labute approximate surface area is 116 Å². The van der Waals surface area contributed by atoms with Crippen LogP contribution in [0.5, 0.6) is 0 Å². The number of amides is 3. The van der Waals surface area contributed by atoms with Crippen molar-refractivity contribution in [1.82, 2.24) is 15.5 Å². The van der Waals surface area contributed by atoms with Gasteiger partial charge >= 0.3 is 6.03 Å². The summed E-state index contributed by atoms with van der Waals surface area (Å²) >= 11 is 0. The van der Waals surface area contributed by atoms with E-state index in [1.807, 2.05) is 4.90 Å². The van der Waals surface area contributed by atoms with Crippen LogP contribution in [-0.2, 0) is 4.79 Å². The molecule has 5 heteroatoms. The number of hydrogen-bond acceptors (Lipinski definition) is 2. The van der Waals surface area contributed by atoms with E-state index in [0.29, 0.717) is 13.0 Å². The van der Waals surface area contributed by atoms with Crippen molar-refractivity contribution in [3.63, 3.8) is 0 Å². The Bertz CT molecular complexity index is 282. The third-order valence-electron chi connectivity index (χ3n) is 3.38. The quantitative estimate of drug-likeness (QED) is 0.693. The van der Waals surface area contributed by atoms with Crippen LogP contribution in [0.4, 0.5) is 4.79 Å². The van der Waals surface area contributed by atoms with Gasteiger partial charge in [0.05, 0.1) is 0 Å². The fourth-order valence-electron chi connectivity index (χ4n) is 2.19. The van der Waals surface area contributed by atoms with Gasteiger partial charge in [-0.2, -0.15) is 0 Å². The summed E-state index contributed by atoms with van der Waals surface area (Å²) in [5.41, 5.74) is 0. The molecule has 3 amide bonds. The standard InChI is InChI=1S/C14H27N3O2/c1-2-3-9-15-14(19)16-10-7-12-17-11-6-4-5-8-13(17)18/h2-12H2,1H3,(H2,15,16,19). The number of unbranched alkanes of at least 4 members (excludes halogenated alkanes) is 1. The Balaban J connectivity index is 2.06. The van der Waals surface area contributed by atoms with E-state index in [-0.39, 0.29) is 11.9 Å². The van der Waals surface area contributed by atoms with Crippen LogP contribution in [-0.4, -0.2) is 43.0 Å². The zero-order valence-electron chi connectivity index (χ0n) is 12.0. The molecule has 2 N–H and O–H groups in total. The molecule has 1 rings (SSSR count). The third kappa shape index (κ3) is 7.03. The second kappa shape index (κ2) is 9.64. The van der Waals surface area contributed by atoms with E-state index in [1.165, 1.54) is 0 Å². The fraction of sp³-hybridized carbons (Fsp3) is 0.857. The molecule has 1 heterocycles. The monoisotopic (exact) mass is 269 g/mol. The summed E-state index contributed by atoms with van der Waals surface area (Å²) in [7, 11) is 0. The molecule has 0 bridgehead atoms. The minimum atomic E-state index is -0.101. The summed E-state index contributed by atoms with van der Waals surface area (Å²) in [6, 6.07) is -0.101. The lowest BCUT2D eigenvalue weighted by Gasteiger charge is -2.20. The van der Waals surface area contributed by atoms with Crippen LogP contribution >= 0.6 is 0 Å². The Kier molecular flexibility index (Phi) is 8.02. The third-order valence-corrected chi connectivity index (χ3v) is 3.38. The molecule has 0 aromatic heterocycles. The summed E-state index contributed by atoms with van der Waals surface area (Å²) in [5, 5.41) is 5.63. The van der Waals surface area contributed by atoms with Crippen molar-refractivity contribution in [3.05, 3.63) is 0 Å². The molecule has 0 aromatic carbocycles. The first-order chi connectivity index (χ1) is 9.24. The average Bonchev–Trinajstić information content (AvgIpc) is 2.60. The number of nitrogens with one attached hydrogen (secondary N) is 2. The number of hydrogen-bond donors (Lipinski definition) is 2. The highest BCUT2D eigenvalue weighted by molar-refractivity contribution is 5.76. The van der Waals surface area contributed by atoms with Gasteiger partial charge in [0.15, 0.2) is 0 Å². The summed E-state index contributed by atoms with van der Waals surface area (Å²) in [6.45, 7) is 5.09. The number of carbonyl (C=O) groups excluding carboxylic acids is 2. The molecule has 0 unspecified atom stereocenters. The normalized spacial score (nSPS) is 16.1. The minimum Gasteiger partial charge on any atom is -0.343 e. The molecule has 0 spiro atoms. The molecule has 0 radical (unpaired) electrons. The molecule has 1 aliphatic heterocycles. The fourth-order valence-corrected chi connectivity index (χ4v) is 2.19. The van der Waals surface area contributed by atoms with Gasteiger partial charge in [-0.15, -0.1) is 0 Å². The van der Waals surface area contributed by atoms with Crippen LogP contribution in [0, 0.1) is 0 Å². The maximum atomic E-state index is 11.7. The lowest BCUT2D eigenvalue weighted by molar-refractivity contribution is -0.130. The van der Waals surface area contributed by atoms with Gasteiger partial charge in [-0.25, -0.2) is 4.79 Å². The SMILES string of the molecule is CCCCNC(=O)NCCCN1CCCCCC1=O. The molecule has 1 aliphatic rings. The molecular weight excluding hydrogens is 242 g/mol. The van der Waals surface area contributed by atoms with E-state index < -0.39 is 0 Å². The lowest BCUT2D eigenvalue weighted by Crippen LogP contribution is -2.38. The van der Waals surface area contributed by atoms with Crippen LogP contribution in [0.1, 0.15) is 51.9 Å². The average molecular weight is 269 g/mol. The van der Waals surface area contributed by atoms with Crippen molar-refractivity contribution < 1.29 is 9.59 Å². The van der Waals surface area contributed by atoms with Gasteiger partial charge in [0, 0.05) is 32.6 Å². The van der Waals surface area contributed by atoms with Crippen molar-refractivity contribution in [2.75, 3.05) is 26.2 Å². The topological polar surface area (TPSA) is 61.4 Å². The van der Waals surface area contributed by atoms with Gasteiger partial charge in [0.25, 0.3) is 0 Å². The zero-order chi connectivity index (χ0) is 13.9.